The predicted molar refractivity (Wildman–Crippen MR) is 108 cm³/mol. The van der Waals surface area contributed by atoms with Crippen LogP contribution in [0.15, 0.2) is 65.0 Å². The highest BCUT2D eigenvalue weighted by molar-refractivity contribution is 7.92. The molecule has 0 spiro atoms. The fraction of sp³-hybridized carbons (Fsp3) is 0.333. The van der Waals surface area contributed by atoms with Crippen molar-refractivity contribution in [3.8, 4) is 0 Å². The molecule has 7 heteroatoms. The lowest BCUT2D eigenvalue weighted by Crippen LogP contribution is -2.17. The van der Waals surface area contributed by atoms with Crippen molar-refractivity contribution in [3.63, 3.8) is 0 Å². The fourth-order valence-electron chi connectivity index (χ4n) is 2.88. The van der Waals surface area contributed by atoms with Gasteiger partial charge in [-0.2, -0.15) is 0 Å². The number of aliphatic carboxylic acids is 2. The average Bonchev–Trinajstić information content (AvgIpc) is 2.65. The van der Waals surface area contributed by atoms with Crippen LogP contribution in [0.5, 0.6) is 0 Å². The van der Waals surface area contributed by atoms with E-state index in [4.69, 9.17) is 5.11 Å². The van der Waals surface area contributed by atoms with Crippen LogP contribution in [0.4, 0.5) is 0 Å². The number of carboxylic acid groups (broad SMARTS) is 2. The maximum atomic E-state index is 13.5. The van der Waals surface area contributed by atoms with Gasteiger partial charge in [-0.1, -0.05) is 60.7 Å². The van der Waals surface area contributed by atoms with Gasteiger partial charge in [0.15, 0.2) is 0 Å². The van der Waals surface area contributed by atoms with E-state index in [2.05, 4.69) is 4.36 Å². The lowest BCUT2D eigenvalue weighted by Gasteiger charge is -2.13. The third-order valence-electron chi connectivity index (χ3n) is 4.33. The van der Waals surface area contributed by atoms with Crippen molar-refractivity contribution in [1.82, 2.24) is 0 Å². The first kappa shape index (κ1) is 21.6. The van der Waals surface area contributed by atoms with Gasteiger partial charge in [0.25, 0.3) is 0 Å². The molecule has 6 nitrogen and oxygen atoms in total. The van der Waals surface area contributed by atoms with E-state index in [0.29, 0.717) is 0 Å². The number of hydrogen-bond donors (Lipinski definition) is 2. The maximum absolute atomic E-state index is 13.5. The Morgan fingerprint density at radius 3 is 1.79 bits per heavy atom. The lowest BCUT2D eigenvalue weighted by atomic mass is 10.00. The van der Waals surface area contributed by atoms with Crippen LogP contribution in [0.3, 0.4) is 0 Å². The third kappa shape index (κ3) is 7.52. The highest BCUT2D eigenvalue weighted by Crippen LogP contribution is 2.17. The van der Waals surface area contributed by atoms with Gasteiger partial charge in [0.05, 0.1) is 27.2 Å². The second-order valence-electron chi connectivity index (χ2n) is 6.64. The molecule has 0 aliphatic rings. The van der Waals surface area contributed by atoms with Gasteiger partial charge in [-0.3, -0.25) is 9.59 Å². The van der Waals surface area contributed by atoms with E-state index < -0.39 is 27.6 Å². The van der Waals surface area contributed by atoms with E-state index in [1.54, 1.807) is 0 Å². The standard InChI is InChI=1S/C21H25NO5S/c23-20(24)12-11-19(21(25)26)13-14-22-28(27,15-17-7-3-1-4-8-17)16-18-9-5-2-6-10-18/h1-10,19H,11-16H2,(H,23,24)(H,25,26). The van der Waals surface area contributed by atoms with Crippen LogP contribution in [0.2, 0.25) is 0 Å². The Balaban J connectivity index is 2.16. The van der Waals surface area contributed by atoms with E-state index in [9.17, 15) is 18.9 Å². The summed E-state index contributed by atoms with van der Waals surface area (Å²) in [7, 11) is -2.63. The van der Waals surface area contributed by atoms with Gasteiger partial charge in [-0.05, 0) is 24.0 Å². The van der Waals surface area contributed by atoms with Crippen LogP contribution >= 0.6 is 0 Å². The van der Waals surface area contributed by atoms with E-state index in [1.165, 1.54) is 0 Å². The second kappa shape index (κ2) is 10.6. The minimum Gasteiger partial charge on any atom is -0.481 e. The van der Waals surface area contributed by atoms with Crippen molar-refractivity contribution in [2.45, 2.75) is 30.8 Å². The normalized spacial score (nSPS) is 12.3. The molecular weight excluding hydrogens is 378 g/mol. The van der Waals surface area contributed by atoms with Gasteiger partial charge < -0.3 is 10.2 Å². The van der Waals surface area contributed by atoms with Crippen molar-refractivity contribution in [2.75, 3.05) is 6.54 Å². The second-order valence-corrected chi connectivity index (χ2v) is 9.02. The smallest absolute Gasteiger partial charge is 0.306 e. The summed E-state index contributed by atoms with van der Waals surface area (Å²) in [6.45, 7) is 0.120. The van der Waals surface area contributed by atoms with Gasteiger partial charge >= 0.3 is 11.9 Å². The van der Waals surface area contributed by atoms with Crippen LogP contribution in [0.1, 0.15) is 30.4 Å². The molecule has 0 aliphatic carbocycles. The molecule has 2 aromatic rings. The van der Waals surface area contributed by atoms with Crippen LogP contribution in [-0.2, 0) is 30.8 Å². The van der Waals surface area contributed by atoms with Crippen molar-refractivity contribution in [2.24, 2.45) is 10.3 Å². The van der Waals surface area contributed by atoms with Crippen molar-refractivity contribution >= 4 is 21.7 Å². The quantitative estimate of drug-likeness (QED) is 0.594. The molecule has 2 N–H and O–H groups in total. The van der Waals surface area contributed by atoms with Gasteiger partial charge in [-0.15, -0.1) is 0 Å². The number of benzene rings is 2. The van der Waals surface area contributed by atoms with Crippen LogP contribution < -0.4 is 0 Å². The molecule has 0 radical (unpaired) electrons. The Morgan fingerprint density at radius 1 is 0.857 bits per heavy atom. The first-order valence-corrected chi connectivity index (χ1v) is 10.9. The maximum Gasteiger partial charge on any atom is 0.306 e. The minimum absolute atomic E-state index is 0.0404. The molecule has 0 aliphatic heterocycles. The van der Waals surface area contributed by atoms with Crippen LogP contribution in [0, 0.1) is 5.92 Å². The fourth-order valence-corrected chi connectivity index (χ4v) is 5.02. The molecular formula is C21H25NO5S. The summed E-state index contributed by atoms with van der Waals surface area (Å²) in [5.41, 5.74) is 1.82. The summed E-state index contributed by atoms with van der Waals surface area (Å²) >= 11 is 0. The van der Waals surface area contributed by atoms with Crippen molar-refractivity contribution in [3.05, 3.63) is 71.8 Å². The van der Waals surface area contributed by atoms with Crippen LogP contribution in [-0.4, -0.2) is 32.9 Å². The zero-order chi connectivity index (χ0) is 20.4. The zero-order valence-electron chi connectivity index (χ0n) is 15.6. The Bertz CT molecular complexity index is 842. The molecule has 2 rings (SSSR count). The topological polar surface area (TPSA) is 104 Å². The molecule has 0 heterocycles. The number of rotatable bonds is 11. The highest BCUT2D eigenvalue weighted by Gasteiger charge is 2.19. The summed E-state index contributed by atoms with van der Waals surface area (Å²) in [6, 6.07) is 18.9. The molecule has 0 saturated heterocycles. The Morgan fingerprint density at radius 2 is 1.36 bits per heavy atom. The monoisotopic (exact) mass is 403 g/mol. The molecule has 28 heavy (non-hydrogen) atoms. The first-order valence-electron chi connectivity index (χ1n) is 9.09. The predicted octanol–water partition coefficient (Wildman–Crippen LogP) is 3.81. The number of nitrogens with zero attached hydrogens (tertiary/aromatic N) is 1. The lowest BCUT2D eigenvalue weighted by molar-refractivity contribution is -0.143. The molecule has 2 aromatic carbocycles. The Kier molecular flexibility index (Phi) is 8.19. The van der Waals surface area contributed by atoms with Crippen molar-refractivity contribution < 1.29 is 24.0 Å². The SMILES string of the molecule is O=C(O)CCC(CCN=S(=O)(Cc1ccccc1)Cc1ccccc1)C(=O)O. The van der Waals surface area contributed by atoms with E-state index >= 15 is 0 Å². The molecule has 1 unspecified atom stereocenters. The third-order valence-corrected chi connectivity index (χ3v) is 6.55. The molecule has 1 atom stereocenters. The Hall–Kier alpha value is -2.67. The summed E-state index contributed by atoms with van der Waals surface area (Å²) in [5.74, 6) is -2.31. The first-order chi connectivity index (χ1) is 13.4. The van der Waals surface area contributed by atoms with Crippen molar-refractivity contribution in [1.29, 1.82) is 0 Å². The average molecular weight is 404 g/mol. The summed E-state index contributed by atoms with van der Waals surface area (Å²) in [4.78, 5) is 22.0. The summed E-state index contributed by atoms with van der Waals surface area (Å²) < 4.78 is 17.9. The molecule has 0 saturated carbocycles. The number of carbonyl (C=O) groups is 2. The minimum atomic E-state index is -2.63. The molecule has 0 fully saturated rings. The molecule has 0 amide bonds. The number of hydrogen-bond acceptors (Lipinski definition) is 4. The van der Waals surface area contributed by atoms with Crippen LogP contribution in [0.25, 0.3) is 0 Å². The summed E-state index contributed by atoms with van der Waals surface area (Å²) in [5, 5.41) is 18.0. The van der Waals surface area contributed by atoms with Gasteiger partial charge in [0.2, 0.25) is 0 Å². The highest BCUT2D eigenvalue weighted by atomic mass is 32.2. The zero-order valence-corrected chi connectivity index (χ0v) is 16.4. The van der Waals surface area contributed by atoms with Gasteiger partial charge in [0.1, 0.15) is 0 Å². The van der Waals surface area contributed by atoms with Gasteiger partial charge in [0, 0.05) is 13.0 Å². The van der Waals surface area contributed by atoms with E-state index in [-0.39, 0.29) is 37.3 Å². The Labute approximate surface area is 165 Å². The van der Waals surface area contributed by atoms with E-state index in [1.807, 2.05) is 60.7 Å². The summed E-state index contributed by atoms with van der Waals surface area (Å²) in [6.07, 6.45) is 0.00228. The molecule has 150 valence electrons. The largest absolute Gasteiger partial charge is 0.481 e. The number of carboxylic acids is 2. The molecule has 0 aromatic heterocycles. The van der Waals surface area contributed by atoms with E-state index in [0.717, 1.165) is 11.1 Å². The molecule has 0 bridgehead atoms. The van der Waals surface area contributed by atoms with Gasteiger partial charge in [-0.25, -0.2) is 8.57 Å².